The Morgan fingerprint density at radius 3 is 2.29 bits per heavy atom. The number of anilines is 2. The minimum Gasteiger partial charge on any atom is -0.480 e. The molecule has 7 aromatic rings. The van der Waals surface area contributed by atoms with Crippen LogP contribution in [0.2, 0.25) is 0 Å². The number of nitrogen functional groups attached to an aromatic ring is 1. The topological polar surface area (TPSA) is 185 Å². The average Bonchev–Trinajstić information content (AvgIpc) is 3.85. The fourth-order valence-corrected chi connectivity index (χ4v) is 9.14. The summed E-state index contributed by atoms with van der Waals surface area (Å²) in [6.45, 7) is 8.01. The number of hydrogen-bond acceptors (Lipinski definition) is 12. The number of imidazole rings is 1. The van der Waals surface area contributed by atoms with Crippen LogP contribution in [-0.2, 0) is 6.54 Å². The number of benzene rings is 4. The number of unbranched alkanes of at least 4 members (excludes halogenated alkanes) is 1. The molecular formula is C46H48N10O5S. The Hall–Kier alpha value is -6.65. The van der Waals surface area contributed by atoms with Gasteiger partial charge >= 0.3 is 6.01 Å². The van der Waals surface area contributed by atoms with Gasteiger partial charge in [-0.25, -0.2) is 4.98 Å². The Bertz CT molecular complexity index is 2770. The van der Waals surface area contributed by atoms with Crippen LogP contribution < -0.4 is 15.8 Å². The number of fused-ring (bicyclic) bond motifs is 3. The van der Waals surface area contributed by atoms with Gasteiger partial charge in [0.2, 0.25) is 0 Å². The van der Waals surface area contributed by atoms with Gasteiger partial charge in [-0.1, -0.05) is 67.1 Å². The minimum absolute atomic E-state index is 0.00756. The molecule has 4 aromatic carbocycles. The van der Waals surface area contributed by atoms with Crippen molar-refractivity contribution < 1.29 is 24.2 Å². The molecule has 62 heavy (non-hydrogen) atoms. The highest BCUT2D eigenvalue weighted by Crippen LogP contribution is 2.30. The predicted molar refractivity (Wildman–Crippen MR) is 240 cm³/mol. The largest absolute Gasteiger partial charge is 0.480 e. The summed E-state index contributed by atoms with van der Waals surface area (Å²) in [5.74, 6) is 0.386. The molecule has 5 heterocycles. The number of piperazine rings is 1. The molecule has 2 aliphatic rings. The third-order valence-electron chi connectivity index (χ3n) is 11.8. The minimum atomic E-state index is -0.230. The van der Waals surface area contributed by atoms with Crippen molar-refractivity contribution >= 4 is 72.2 Å². The van der Waals surface area contributed by atoms with Crippen LogP contribution in [-0.4, -0.2) is 114 Å². The first-order chi connectivity index (χ1) is 30.2. The highest BCUT2D eigenvalue weighted by Gasteiger charge is 2.28. The summed E-state index contributed by atoms with van der Waals surface area (Å²) in [6.07, 6.45) is 3.67. The molecule has 0 saturated carbocycles. The second-order valence-electron chi connectivity index (χ2n) is 16.0. The number of carbonyl (C=O) groups excluding carboxylic acids is 3. The second-order valence-corrected chi connectivity index (χ2v) is 17.0. The molecule has 3 aromatic heterocycles. The molecule has 0 spiro atoms. The zero-order chi connectivity index (χ0) is 42.7. The van der Waals surface area contributed by atoms with E-state index in [-0.39, 0.29) is 42.1 Å². The summed E-state index contributed by atoms with van der Waals surface area (Å²) < 4.78 is 8.06. The van der Waals surface area contributed by atoms with Gasteiger partial charge in [0, 0.05) is 62.5 Å². The molecule has 4 N–H and O–H groups in total. The van der Waals surface area contributed by atoms with E-state index in [1.807, 2.05) is 94.7 Å². The lowest BCUT2D eigenvalue weighted by molar-refractivity contribution is 0.0561. The van der Waals surface area contributed by atoms with E-state index in [1.165, 1.54) is 11.3 Å². The standard InChI is InChI=1S/C46H48N10O5S/c1-2-3-24-61-44-50-39(47)38-40(51-44)56(46(60)49-38)28-29-8-10-32(11-9-29)42(58)55-22-20-53(21-23-55)27-30-16-18-54(19-17-30)43(59)35-14-15-36-37(26-35)62-45(48-36)52-41(57)34-13-12-31-6-4-5-7-33(31)25-34/h4-15,25-26,30H,2-3,16-24,27-28H2,1H3,(H,49,60)(H2,47,50,51)(H,48,52,57). The maximum absolute atomic E-state index is 13.6. The van der Waals surface area contributed by atoms with E-state index in [0.29, 0.717) is 71.7 Å². The molecule has 15 nitrogen and oxygen atoms in total. The number of aromatic hydroxyl groups is 1. The van der Waals surface area contributed by atoms with Gasteiger partial charge in [0.1, 0.15) is 0 Å². The smallest absolute Gasteiger partial charge is 0.320 e. The zero-order valence-electron chi connectivity index (χ0n) is 34.5. The third-order valence-corrected chi connectivity index (χ3v) is 12.7. The number of rotatable bonds is 12. The fourth-order valence-electron chi connectivity index (χ4n) is 8.24. The van der Waals surface area contributed by atoms with Crippen molar-refractivity contribution in [3.05, 3.63) is 107 Å². The summed E-state index contributed by atoms with van der Waals surface area (Å²) in [7, 11) is 0. The number of amides is 3. The number of aromatic nitrogens is 5. The Morgan fingerprint density at radius 1 is 0.806 bits per heavy atom. The molecule has 3 amide bonds. The lowest BCUT2D eigenvalue weighted by atomic mass is 9.95. The van der Waals surface area contributed by atoms with Gasteiger partial charge in [0.25, 0.3) is 23.7 Å². The van der Waals surface area contributed by atoms with E-state index in [1.54, 1.807) is 4.57 Å². The van der Waals surface area contributed by atoms with Crippen LogP contribution in [0.15, 0.2) is 84.9 Å². The molecular weight excluding hydrogens is 805 g/mol. The second kappa shape index (κ2) is 17.8. The van der Waals surface area contributed by atoms with Crippen molar-refractivity contribution in [2.24, 2.45) is 5.92 Å². The Morgan fingerprint density at radius 2 is 1.52 bits per heavy atom. The van der Waals surface area contributed by atoms with Crippen LogP contribution in [0, 0.1) is 5.92 Å². The lowest BCUT2D eigenvalue weighted by Crippen LogP contribution is -2.50. The lowest BCUT2D eigenvalue weighted by Gasteiger charge is -2.39. The maximum Gasteiger partial charge on any atom is 0.320 e. The third kappa shape index (κ3) is 8.74. The maximum atomic E-state index is 13.6. The van der Waals surface area contributed by atoms with E-state index < -0.39 is 0 Å². The molecule has 2 aliphatic heterocycles. The highest BCUT2D eigenvalue weighted by molar-refractivity contribution is 7.22. The number of nitrogens with zero attached hydrogens (tertiary/aromatic N) is 8. The van der Waals surface area contributed by atoms with Gasteiger partial charge in [0.15, 0.2) is 22.1 Å². The van der Waals surface area contributed by atoms with E-state index >= 15 is 0 Å². The highest BCUT2D eigenvalue weighted by atomic mass is 32.1. The number of likely N-dealkylation sites (tertiary alicyclic amines) is 1. The van der Waals surface area contributed by atoms with E-state index in [0.717, 1.165) is 71.9 Å². The van der Waals surface area contributed by atoms with Crippen molar-refractivity contribution in [2.45, 2.75) is 39.2 Å². The van der Waals surface area contributed by atoms with Crippen molar-refractivity contribution in [2.75, 3.05) is 63.5 Å². The Kier molecular flexibility index (Phi) is 11.7. The van der Waals surface area contributed by atoms with Gasteiger partial charge in [0.05, 0.1) is 23.4 Å². The fraction of sp³-hybridized carbons (Fsp3) is 0.326. The molecule has 16 heteroatoms. The average molecular weight is 853 g/mol. The predicted octanol–water partition coefficient (Wildman–Crippen LogP) is 6.67. The number of thiazole rings is 1. The summed E-state index contributed by atoms with van der Waals surface area (Å²) in [6, 6.07) is 26.4. The molecule has 0 atom stereocenters. The summed E-state index contributed by atoms with van der Waals surface area (Å²) >= 11 is 1.36. The summed E-state index contributed by atoms with van der Waals surface area (Å²) in [4.78, 5) is 63.8. The molecule has 2 saturated heterocycles. The number of nitrogens with one attached hydrogen (secondary N) is 1. The monoisotopic (exact) mass is 852 g/mol. The normalized spacial score (nSPS) is 15.1. The first-order valence-electron chi connectivity index (χ1n) is 21.1. The van der Waals surface area contributed by atoms with Crippen LogP contribution in [0.3, 0.4) is 0 Å². The van der Waals surface area contributed by atoms with Gasteiger partial charge in [-0.2, -0.15) is 15.0 Å². The van der Waals surface area contributed by atoms with Crippen molar-refractivity contribution in [1.82, 2.24) is 39.2 Å². The van der Waals surface area contributed by atoms with Crippen LogP contribution in [0.5, 0.6) is 12.0 Å². The Balaban J connectivity index is 0.733. The van der Waals surface area contributed by atoms with Crippen LogP contribution >= 0.6 is 11.3 Å². The van der Waals surface area contributed by atoms with Gasteiger partial charge in [-0.3, -0.25) is 29.2 Å². The summed E-state index contributed by atoms with van der Waals surface area (Å²) in [5, 5.41) is 16.1. The van der Waals surface area contributed by atoms with Gasteiger partial charge < -0.3 is 25.4 Å². The molecule has 0 radical (unpaired) electrons. The SMILES string of the molecule is CCCCOc1nc(N)c2nc(O)n(Cc3ccc(C(=O)N4CCN(CC5CCN(C(=O)c6ccc7nc(NC(=O)c8ccc9ccccc9c8)sc7c6)CC5)CC4)cc3)c2n1. The quantitative estimate of drug-likeness (QED) is 0.112. The first kappa shape index (κ1) is 40.7. The van der Waals surface area contributed by atoms with Gasteiger partial charge in [-0.05, 0) is 84.0 Å². The Labute approximate surface area is 362 Å². The molecule has 2 fully saturated rings. The van der Waals surface area contributed by atoms with Crippen LogP contribution in [0.1, 0.15) is 69.2 Å². The van der Waals surface area contributed by atoms with Crippen LogP contribution in [0.4, 0.5) is 10.9 Å². The number of piperidine rings is 1. The van der Waals surface area contributed by atoms with E-state index in [2.05, 4.69) is 37.1 Å². The number of hydrogen-bond donors (Lipinski definition) is 3. The number of carbonyl (C=O) groups is 3. The first-order valence-corrected chi connectivity index (χ1v) is 22.0. The number of nitrogens with two attached hydrogens (primary N) is 1. The van der Waals surface area contributed by atoms with Crippen LogP contribution in [0.25, 0.3) is 32.2 Å². The van der Waals surface area contributed by atoms with Crippen molar-refractivity contribution in [3.63, 3.8) is 0 Å². The summed E-state index contributed by atoms with van der Waals surface area (Å²) in [5.41, 5.74) is 10.2. The molecule has 0 unspecified atom stereocenters. The molecule has 9 rings (SSSR count). The van der Waals surface area contributed by atoms with Crippen molar-refractivity contribution in [1.29, 1.82) is 0 Å². The van der Waals surface area contributed by atoms with E-state index in [9.17, 15) is 19.5 Å². The zero-order valence-corrected chi connectivity index (χ0v) is 35.3. The number of ether oxygens (including phenoxy) is 1. The van der Waals surface area contributed by atoms with Gasteiger partial charge in [-0.15, -0.1) is 0 Å². The molecule has 0 aliphatic carbocycles. The van der Waals surface area contributed by atoms with E-state index in [4.69, 9.17) is 10.5 Å². The molecule has 318 valence electrons. The molecule has 0 bridgehead atoms. The van der Waals surface area contributed by atoms with Crippen molar-refractivity contribution in [3.8, 4) is 12.0 Å².